The van der Waals surface area contributed by atoms with Crippen LogP contribution < -0.4 is 9.47 Å². The van der Waals surface area contributed by atoms with Crippen molar-refractivity contribution in [1.82, 2.24) is 9.47 Å². The number of hydrogen-bond donors (Lipinski definition) is 1. The van der Waals surface area contributed by atoms with Gasteiger partial charge in [0.05, 0.1) is 31.2 Å². The highest BCUT2D eigenvalue weighted by atomic mass is 32.2. The third-order valence-electron chi connectivity index (χ3n) is 5.82. The van der Waals surface area contributed by atoms with Gasteiger partial charge in [0.15, 0.2) is 11.5 Å². The Morgan fingerprint density at radius 1 is 1.11 bits per heavy atom. The second-order valence-electron chi connectivity index (χ2n) is 8.33. The van der Waals surface area contributed by atoms with Gasteiger partial charge >= 0.3 is 0 Å². The molecule has 3 aromatic rings. The number of carbonyl (C=O) groups is 1. The van der Waals surface area contributed by atoms with E-state index in [1.54, 1.807) is 13.2 Å². The lowest BCUT2D eigenvalue weighted by Gasteiger charge is -2.23. The number of benzene rings is 2. The van der Waals surface area contributed by atoms with Gasteiger partial charge in [-0.1, -0.05) is 30.3 Å². The van der Waals surface area contributed by atoms with E-state index in [9.17, 15) is 13.2 Å². The first kappa shape index (κ1) is 24.8. The average Bonchev–Trinajstić information content (AvgIpc) is 3.46. The quantitative estimate of drug-likeness (QED) is 0.276. The number of nitrogens with one attached hydrogen (secondary N) is 1. The zero-order valence-electron chi connectivity index (χ0n) is 20.0. The molecule has 0 aliphatic carbocycles. The van der Waals surface area contributed by atoms with E-state index in [0.29, 0.717) is 31.1 Å². The number of aromatic nitrogens is 1. The molecule has 2 aromatic carbocycles. The molecule has 0 unspecified atom stereocenters. The molecule has 10 nitrogen and oxygen atoms in total. The van der Waals surface area contributed by atoms with Crippen LogP contribution in [0, 0.1) is 5.41 Å². The topological polar surface area (TPSA) is 126 Å². The normalized spacial score (nSPS) is 16.7. The van der Waals surface area contributed by atoms with Crippen LogP contribution in [0.15, 0.2) is 69.7 Å². The van der Waals surface area contributed by atoms with Gasteiger partial charge in [-0.3, -0.25) is 10.2 Å². The first-order chi connectivity index (χ1) is 17.8. The number of ether oxygens (including phenoxy) is 2. The first-order valence-corrected chi connectivity index (χ1v) is 14.0. The van der Waals surface area contributed by atoms with Gasteiger partial charge < -0.3 is 14.0 Å². The van der Waals surface area contributed by atoms with E-state index in [2.05, 4.69) is 14.0 Å². The Morgan fingerprint density at radius 2 is 1.84 bits per heavy atom. The fourth-order valence-corrected chi connectivity index (χ4v) is 5.97. The maximum absolute atomic E-state index is 12.8. The molecule has 5 rings (SSSR count). The van der Waals surface area contributed by atoms with Crippen molar-refractivity contribution in [3.8, 4) is 11.5 Å². The number of amidine groups is 3. The van der Waals surface area contributed by atoms with Crippen LogP contribution in [0.5, 0.6) is 11.5 Å². The molecule has 1 N–H and O–H groups in total. The summed E-state index contributed by atoms with van der Waals surface area (Å²) in [6.07, 6.45) is 5.21. The summed E-state index contributed by atoms with van der Waals surface area (Å²) in [5.41, 5.74) is 1.67. The van der Waals surface area contributed by atoms with Crippen molar-refractivity contribution >= 4 is 60.8 Å². The summed E-state index contributed by atoms with van der Waals surface area (Å²) in [4.78, 5) is 17.8. The third kappa shape index (κ3) is 4.77. The predicted molar refractivity (Wildman–Crippen MR) is 145 cm³/mol. The van der Waals surface area contributed by atoms with Gasteiger partial charge in [0.25, 0.3) is 5.91 Å². The molecule has 0 spiro atoms. The molecule has 3 heterocycles. The summed E-state index contributed by atoms with van der Waals surface area (Å²) in [5.74, 6) is 0.467. The Hall–Kier alpha value is -3.90. The van der Waals surface area contributed by atoms with Crippen LogP contribution in [0.1, 0.15) is 12.0 Å². The Morgan fingerprint density at radius 3 is 2.59 bits per heavy atom. The van der Waals surface area contributed by atoms with E-state index < -0.39 is 15.7 Å². The molecule has 12 heteroatoms. The molecule has 0 fully saturated rings. The summed E-state index contributed by atoms with van der Waals surface area (Å²) in [5, 5.41) is 9.24. The van der Waals surface area contributed by atoms with Gasteiger partial charge in [-0.2, -0.15) is 9.39 Å². The second-order valence-corrected chi connectivity index (χ2v) is 11.0. The highest BCUT2D eigenvalue weighted by molar-refractivity contribution is 8.16. The lowest BCUT2D eigenvalue weighted by atomic mass is 10.1. The van der Waals surface area contributed by atoms with Gasteiger partial charge in [-0.05, 0) is 30.7 Å². The molecule has 1 aromatic heterocycles. The standard InChI is InChI=1S/C25H23N5O5S2/c1-34-20-10-5-6-11-21(20)35-13-7-12-29-15-16(17-8-3-4-9-19(17)29)14-18-22(26)30-24(27-23(18)31)36-28-25(30)37(2,32)33/h3-6,8-11,14-15,26H,7,12-13H2,1-2H3/b18-14-,26-22?. The molecule has 0 atom stereocenters. The highest BCUT2D eigenvalue weighted by Gasteiger charge is 2.41. The van der Waals surface area contributed by atoms with E-state index in [1.165, 1.54) is 0 Å². The van der Waals surface area contributed by atoms with Crippen molar-refractivity contribution in [2.45, 2.75) is 13.0 Å². The van der Waals surface area contributed by atoms with Gasteiger partial charge in [0.1, 0.15) is 5.84 Å². The molecule has 0 saturated heterocycles. The Labute approximate surface area is 217 Å². The van der Waals surface area contributed by atoms with Crippen LogP contribution in [0.2, 0.25) is 0 Å². The Balaban J connectivity index is 1.40. The smallest absolute Gasteiger partial charge is 0.283 e. The van der Waals surface area contributed by atoms with Crippen LogP contribution in [0.4, 0.5) is 0 Å². The monoisotopic (exact) mass is 537 g/mol. The maximum Gasteiger partial charge on any atom is 0.283 e. The van der Waals surface area contributed by atoms with Crippen LogP contribution in [-0.4, -0.2) is 59.9 Å². The Kier molecular flexibility index (Phi) is 6.61. The largest absolute Gasteiger partial charge is 0.493 e. The van der Waals surface area contributed by atoms with Gasteiger partial charge in [-0.25, -0.2) is 13.3 Å². The molecule has 0 radical (unpaired) electrons. The zero-order chi connectivity index (χ0) is 26.2. The summed E-state index contributed by atoms with van der Waals surface area (Å²) < 4.78 is 41.5. The number of methoxy groups -OCH3 is 1. The second kappa shape index (κ2) is 9.87. The van der Waals surface area contributed by atoms with E-state index in [1.807, 2.05) is 54.7 Å². The van der Waals surface area contributed by atoms with Gasteiger partial charge in [0.2, 0.25) is 20.2 Å². The summed E-state index contributed by atoms with van der Waals surface area (Å²) in [6.45, 7) is 1.13. The molecule has 0 bridgehead atoms. The van der Waals surface area contributed by atoms with Crippen molar-refractivity contribution in [2.75, 3.05) is 20.0 Å². The number of aryl methyl sites for hydroxylation is 1. The predicted octanol–water partition coefficient (Wildman–Crippen LogP) is 3.74. The van der Waals surface area contributed by atoms with Crippen LogP contribution in [0.25, 0.3) is 17.0 Å². The van der Waals surface area contributed by atoms with Crippen molar-refractivity contribution in [3.63, 3.8) is 0 Å². The molecular formula is C25H23N5O5S2. The summed E-state index contributed by atoms with van der Waals surface area (Å²) in [6, 6.07) is 15.2. The number of sulfone groups is 1. The molecule has 2 aliphatic heterocycles. The molecule has 2 aliphatic rings. The minimum absolute atomic E-state index is 0.00925. The first-order valence-electron chi connectivity index (χ1n) is 11.3. The molecule has 37 heavy (non-hydrogen) atoms. The summed E-state index contributed by atoms with van der Waals surface area (Å²) >= 11 is 0.768. The number of hydrogen-bond acceptors (Lipinski definition) is 8. The number of para-hydroxylation sites is 3. The molecule has 190 valence electrons. The average molecular weight is 538 g/mol. The van der Waals surface area contributed by atoms with Crippen LogP contribution >= 0.6 is 11.9 Å². The lowest BCUT2D eigenvalue weighted by molar-refractivity contribution is -0.114. The number of nitrogens with zero attached hydrogens (tertiary/aromatic N) is 4. The van der Waals surface area contributed by atoms with Crippen molar-refractivity contribution in [2.24, 2.45) is 9.39 Å². The van der Waals surface area contributed by atoms with Crippen molar-refractivity contribution < 1.29 is 22.7 Å². The van der Waals surface area contributed by atoms with E-state index in [-0.39, 0.29) is 21.7 Å². The minimum Gasteiger partial charge on any atom is -0.493 e. The Bertz CT molecular complexity index is 1620. The SMILES string of the molecule is COc1ccccc1OCCCn1cc(/C=C2/C(=N)N3C(=NC2=O)SN=C3S(C)(=O)=O)c2ccccc21. The van der Waals surface area contributed by atoms with Crippen LogP contribution in [0.3, 0.4) is 0 Å². The van der Waals surface area contributed by atoms with Crippen LogP contribution in [-0.2, 0) is 21.2 Å². The molecule has 1 amide bonds. The van der Waals surface area contributed by atoms with E-state index >= 15 is 0 Å². The number of aliphatic imine (C=N–C) groups is 1. The fourth-order valence-electron chi connectivity index (χ4n) is 4.12. The summed E-state index contributed by atoms with van der Waals surface area (Å²) in [7, 11) is -2.11. The lowest BCUT2D eigenvalue weighted by Crippen LogP contribution is -2.45. The van der Waals surface area contributed by atoms with Crippen molar-refractivity contribution in [3.05, 3.63) is 65.9 Å². The molecular weight excluding hydrogens is 514 g/mol. The number of carbonyl (C=O) groups excluding carboxylic acids is 1. The number of amides is 1. The number of rotatable bonds is 7. The van der Waals surface area contributed by atoms with E-state index in [0.717, 1.165) is 39.6 Å². The molecule has 0 saturated carbocycles. The fraction of sp³-hybridized carbons (Fsp3) is 0.200. The minimum atomic E-state index is -3.72. The van der Waals surface area contributed by atoms with Crippen molar-refractivity contribution in [1.29, 1.82) is 5.41 Å². The van der Waals surface area contributed by atoms with Gasteiger partial charge in [0, 0.05) is 35.5 Å². The third-order valence-corrected chi connectivity index (χ3v) is 7.57. The van der Waals surface area contributed by atoms with E-state index in [4.69, 9.17) is 14.9 Å². The highest BCUT2D eigenvalue weighted by Crippen LogP contribution is 2.31. The zero-order valence-corrected chi connectivity index (χ0v) is 21.7. The number of fused-ring (bicyclic) bond motifs is 2. The maximum atomic E-state index is 12.8. The van der Waals surface area contributed by atoms with Gasteiger partial charge in [-0.15, -0.1) is 0 Å².